The van der Waals surface area contributed by atoms with Crippen LogP contribution in [0.2, 0.25) is 0 Å². The lowest BCUT2D eigenvalue weighted by molar-refractivity contribution is 0.0947. The number of carbonyl (C=O) groups is 1. The molecule has 0 unspecified atom stereocenters. The zero-order valence-corrected chi connectivity index (χ0v) is 12.0. The molecular formula is C14H13BrN2O2. The van der Waals surface area contributed by atoms with Gasteiger partial charge >= 0.3 is 0 Å². The molecule has 5 heteroatoms. The van der Waals surface area contributed by atoms with E-state index in [1.807, 2.05) is 24.3 Å². The summed E-state index contributed by atoms with van der Waals surface area (Å²) in [4.78, 5) is 16.3. The summed E-state index contributed by atoms with van der Waals surface area (Å²) in [5.41, 5.74) is 1.30. The molecule has 1 aromatic carbocycles. The van der Waals surface area contributed by atoms with Crippen LogP contribution in [0.15, 0.2) is 47.1 Å². The van der Waals surface area contributed by atoms with E-state index >= 15 is 0 Å². The van der Waals surface area contributed by atoms with Gasteiger partial charge in [0, 0.05) is 10.7 Å². The molecule has 0 fully saturated rings. The number of hydrogen-bond acceptors (Lipinski definition) is 3. The third-order valence-electron chi connectivity index (χ3n) is 2.56. The molecule has 4 nitrogen and oxygen atoms in total. The van der Waals surface area contributed by atoms with Gasteiger partial charge in [0.1, 0.15) is 5.75 Å². The summed E-state index contributed by atoms with van der Waals surface area (Å²) in [6, 6.07) is 10.9. The zero-order chi connectivity index (χ0) is 13.7. The summed E-state index contributed by atoms with van der Waals surface area (Å²) >= 11 is 3.34. The van der Waals surface area contributed by atoms with Crippen LogP contribution in [0.25, 0.3) is 0 Å². The van der Waals surface area contributed by atoms with E-state index in [0.717, 1.165) is 10.2 Å². The second-order valence-corrected chi connectivity index (χ2v) is 4.76. The van der Waals surface area contributed by atoms with Crippen molar-refractivity contribution in [2.45, 2.75) is 6.54 Å². The minimum absolute atomic E-state index is 0.191. The summed E-state index contributed by atoms with van der Waals surface area (Å²) < 4.78 is 6.01. The van der Waals surface area contributed by atoms with E-state index in [4.69, 9.17) is 4.74 Å². The Morgan fingerprint density at radius 3 is 2.89 bits per heavy atom. The molecule has 0 radical (unpaired) electrons. The average molecular weight is 321 g/mol. The Kier molecular flexibility index (Phi) is 4.52. The molecule has 0 aliphatic rings. The first-order valence-corrected chi connectivity index (χ1v) is 6.51. The molecule has 0 saturated heterocycles. The average Bonchev–Trinajstić information content (AvgIpc) is 2.46. The maximum absolute atomic E-state index is 12.1. The van der Waals surface area contributed by atoms with Gasteiger partial charge in [0.25, 0.3) is 5.91 Å². The van der Waals surface area contributed by atoms with Gasteiger partial charge in [-0.25, -0.2) is 0 Å². The number of ether oxygens (including phenoxy) is 1. The van der Waals surface area contributed by atoms with Crippen LogP contribution in [0, 0.1) is 0 Å². The number of amides is 1. The minimum atomic E-state index is -0.191. The van der Waals surface area contributed by atoms with Gasteiger partial charge in [-0.1, -0.05) is 22.0 Å². The molecule has 1 aromatic heterocycles. The number of methoxy groups -OCH3 is 1. The van der Waals surface area contributed by atoms with Gasteiger partial charge < -0.3 is 10.1 Å². The molecule has 1 heterocycles. The minimum Gasteiger partial charge on any atom is -0.496 e. The van der Waals surface area contributed by atoms with E-state index < -0.39 is 0 Å². The van der Waals surface area contributed by atoms with Crippen molar-refractivity contribution >= 4 is 21.8 Å². The van der Waals surface area contributed by atoms with Crippen LogP contribution in [0.4, 0.5) is 0 Å². The summed E-state index contributed by atoms with van der Waals surface area (Å²) in [5, 5.41) is 2.81. The summed E-state index contributed by atoms with van der Waals surface area (Å²) in [5.74, 6) is 0.352. The molecule has 0 aliphatic heterocycles. The first-order valence-electron chi connectivity index (χ1n) is 5.72. The molecule has 1 N–H and O–H groups in total. The molecule has 0 bridgehead atoms. The predicted molar refractivity (Wildman–Crippen MR) is 76.1 cm³/mol. The maximum Gasteiger partial charge on any atom is 0.255 e. The Bertz CT molecular complexity index is 573. The van der Waals surface area contributed by atoms with E-state index in [0.29, 0.717) is 17.9 Å². The third kappa shape index (κ3) is 3.54. The summed E-state index contributed by atoms with van der Waals surface area (Å²) in [6.07, 6.45) is 1.70. The van der Waals surface area contributed by atoms with E-state index in [1.165, 1.54) is 0 Å². The van der Waals surface area contributed by atoms with Crippen LogP contribution in [0.5, 0.6) is 5.75 Å². The largest absolute Gasteiger partial charge is 0.496 e. The lowest BCUT2D eigenvalue weighted by Gasteiger charge is -2.09. The monoisotopic (exact) mass is 320 g/mol. The van der Waals surface area contributed by atoms with Crippen molar-refractivity contribution in [1.82, 2.24) is 10.3 Å². The second kappa shape index (κ2) is 6.33. The van der Waals surface area contributed by atoms with Crippen molar-refractivity contribution in [3.63, 3.8) is 0 Å². The third-order valence-corrected chi connectivity index (χ3v) is 3.06. The number of benzene rings is 1. The van der Waals surface area contributed by atoms with Gasteiger partial charge in [-0.05, 0) is 30.3 Å². The highest BCUT2D eigenvalue weighted by Crippen LogP contribution is 2.22. The number of aromatic nitrogens is 1. The Morgan fingerprint density at radius 2 is 2.21 bits per heavy atom. The fraction of sp³-hybridized carbons (Fsp3) is 0.143. The molecule has 0 saturated carbocycles. The highest BCUT2D eigenvalue weighted by Gasteiger charge is 2.12. The molecule has 0 atom stereocenters. The van der Waals surface area contributed by atoms with Crippen molar-refractivity contribution in [2.24, 2.45) is 0 Å². The van der Waals surface area contributed by atoms with Gasteiger partial charge in [0.15, 0.2) is 0 Å². The summed E-state index contributed by atoms with van der Waals surface area (Å²) in [7, 11) is 1.54. The number of halogens is 1. The van der Waals surface area contributed by atoms with Gasteiger partial charge in [0.05, 0.1) is 24.9 Å². The Labute approximate surface area is 119 Å². The fourth-order valence-corrected chi connectivity index (χ4v) is 1.99. The Balaban J connectivity index is 2.10. The van der Waals surface area contributed by atoms with Crippen LogP contribution in [-0.2, 0) is 6.54 Å². The molecule has 98 valence electrons. The predicted octanol–water partition coefficient (Wildman–Crippen LogP) is 2.78. The smallest absolute Gasteiger partial charge is 0.255 e. The van der Waals surface area contributed by atoms with Gasteiger partial charge in [-0.15, -0.1) is 0 Å². The highest BCUT2D eigenvalue weighted by atomic mass is 79.9. The van der Waals surface area contributed by atoms with E-state index in [2.05, 4.69) is 26.2 Å². The fourth-order valence-electron chi connectivity index (χ4n) is 1.63. The van der Waals surface area contributed by atoms with Crippen molar-refractivity contribution in [1.29, 1.82) is 0 Å². The number of nitrogens with zero attached hydrogens (tertiary/aromatic N) is 1. The topological polar surface area (TPSA) is 51.2 Å². The van der Waals surface area contributed by atoms with Gasteiger partial charge in [-0.2, -0.15) is 0 Å². The number of nitrogens with one attached hydrogen (secondary N) is 1. The first kappa shape index (κ1) is 13.5. The molecule has 19 heavy (non-hydrogen) atoms. The first-order chi connectivity index (χ1) is 9.20. The van der Waals surface area contributed by atoms with Crippen molar-refractivity contribution in [3.8, 4) is 5.75 Å². The molecular weight excluding hydrogens is 308 g/mol. The van der Waals surface area contributed by atoms with E-state index in [-0.39, 0.29) is 5.91 Å². The molecule has 1 amide bonds. The molecule has 2 rings (SSSR count). The lowest BCUT2D eigenvalue weighted by Crippen LogP contribution is -2.23. The lowest BCUT2D eigenvalue weighted by atomic mass is 10.2. The van der Waals surface area contributed by atoms with Crippen molar-refractivity contribution in [3.05, 3.63) is 58.3 Å². The molecule has 0 aliphatic carbocycles. The van der Waals surface area contributed by atoms with Crippen LogP contribution in [0.3, 0.4) is 0 Å². The van der Waals surface area contributed by atoms with Crippen LogP contribution < -0.4 is 10.1 Å². The van der Waals surface area contributed by atoms with E-state index in [9.17, 15) is 4.79 Å². The van der Waals surface area contributed by atoms with Crippen molar-refractivity contribution < 1.29 is 9.53 Å². The highest BCUT2D eigenvalue weighted by molar-refractivity contribution is 9.10. The number of carbonyl (C=O) groups excluding carboxylic acids is 1. The Morgan fingerprint density at radius 1 is 1.37 bits per heavy atom. The van der Waals surface area contributed by atoms with Crippen LogP contribution in [-0.4, -0.2) is 18.0 Å². The quantitative estimate of drug-likeness (QED) is 0.942. The second-order valence-electron chi connectivity index (χ2n) is 3.85. The van der Waals surface area contributed by atoms with Crippen LogP contribution in [0.1, 0.15) is 16.1 Å². The number of pyridine rings is 1. The standard InChI is InChI=1S/C14H13BrN2O2/c1-19-13-6-5-10(15)8-12(13)14(18)17-9-11-4-2-3-7-16-11/h2-8H,9H2,1H3,(H,17,18). The van der Waals surface area contributed by atoms with Crippen LogP contribution >= 0.6 is 15.9 Å². The molecule has 2 aromatic rings. The normalized spacial score (nSPS) is 10.0. The SMILES string of the molecule is COc1ccc(Br)cc1C(=O)NCc1ccccn1. The van der Waals surface area contributed by atoms with Gasteiger partial charge in [-0.3, -0.25) is 9.78 Å². The number of rotatable bonds is 4. The summed E-state index contributed by atoms with van der Waals surface area (Å²) in [6.45, 7) is 0.384. The van der Waals surface area contributed by atoms with Crippen molar-refractivity contribution in [2.75, 3.05) is 7.11 Å². The van der Waals surface area contributed by atoms with Gasteiger partial charge in [0.2, 0.25) is 0 Å². The number of hydrogen-bond donors (Lipinski definition) is 1. The molecule has 0 spiro atoms. The van der Waals surface area contributed by atoms with E-state index in [1.54, 1.807) is 25.4 Å². The Hall–Kier alpha value is -1.88. The maximum atomic E-state index is 12.1. The zero-order valence-electron chi connectivity index (χ0n) is 10.4.